The van der Waals surface area contributed by atoms with Gasteiger partial charge in [-0.1, -0.05) is 13.8 Å². The molecular formula is C10H23NO3. The van der Waals surface area contributed by atoms with Gasteiger partial charge in [0.1, 0.15) is 0 Å². The molecule has 86 valence electrons. The fraction of sp³-hybridized carbons (Fsp3) is 1.00. The summed E-state index contributed by atoms with van der Waals surface area (Å²) in [6, 6.07) is 0. The Morgan fingerprint density at radius 2 is 1.50 bits per heavy atom. The molecule has 0 unspecified atom stereocenters. The predicted molar refractivity (Wildman–Crippen MR) is 56.1 cm³/mol. The first-order valence-electron chi connectivity index (χ1n) is 5.14. The molecule has 4 N–H and O–H groups in total. The van der Waals surface area contributed by atoms with Crippen molar-refractivity contribution < 1.29 is 15.3 Å². The van der Waals surface area contributed by atoms with E-state index in [9.17, 15) is 5.11 Å². The topological polar surface area (TPSA) is 72.7 Å². The number of hydrogen-bond donors (Lipinski definition) is 4. The van der Waals surface area contributed by atoms with Crippen LogP contribution in [0.15, 0.2) is 0 Å². The third kappa shape index (κ3) is 3.92. The maximum Gasteiger partial charge on any atom is 0.0766 e. The molecule has 14 heavy (non-hydrogen) atoms. The van der Waals surface area contributed by atoms with E-state index in [0.29, 0.717) is 19.4 Å². The molecule has 0 radical (unpaired) electrons. The van der Waals surface area contributed by atoms with E-state index >= 15 is 0 Å². The van der Waals surface area contributed by atoms with Gasteiger partial charge in [0.2, 0.25) is 0 Å². The first kappa shape index (κ1) is 13.8. The molecule has 0 heterocycles. The second kappa shape index (κ2) is 5.66. The highest BCUT2D eigenvalue weighted by atomic mass is 16.3. The van der Waals surface area contributed by atoms with Crippen LogP contribution in [0.25, 0.3) is 0 Å². The van der Waals surface area contributed by atoms with Crippen LogP contribution in [0.5, 0.6) is 0 Å². The molecule has 0 fully saturated rings. The molecule has 0 atom stereocenters. The Hall–Kier alpha value is -0.160. The first-order valence-corrected chi connectivity index (χ1v) is 5.14. The second-order valence-electron chi connectivity index (χ2n) is 4.16. The Bertz CT molecular complexity index is 135. The van der Waals surface area contributed by atoms with Crippen molar-refractivity contribution in [2.45, 2.75) is 44.8 Å². The summed E-state index contributed by atoms with van der Waals surface area (Å²) in [6.07, 6.45) is 1.31. The summed E-state index contributed by atoms with van der Waals surface area (Å²) >= 11 is 0. The van der Waals surface area contributed by atoms with E-state index in [1.807, 2.05) is 13.8 Å². The summed E-state index contributed by atoms with van der Waals surface area (Å²) in [5, 5.41) is 31.0. The zero-order valence-electron chi connectivity index (χ0n) is 9.38. The maximum absolute atomic E-state index is 9.96. The molecule has 0 saturated carbocycles. The van der Waals surface area contributed by atoms with Crippen LogP contribution in [-0.2, 0) is 0 Å². The summed E-state index contributed by atoms with van der Waals surface area (Å²) in [4.78, 5) is 0. The number of aliphatic hydroxyl groups excluding tert-OH is 2. The normalized spacial score (nSPS) is 13.3. The number of β-amino-alcohol motifs (C(OH)–C–C–N with tert-alkyl or cyclic N) is 1. The van der Waals surface area contributed by atoms with Gasteiger partial charge < -0.3 is 20.6 Å². The summed E-state index contributed by atoms with van der Waals surface area (Å²) in [5.74, 6) is 0. The average Bonchev–Trinajstić information content (AvgIpc) is 2.25. The van der Waals surface area contributed by atoms with Crippen LogP contribution in [0.4, 0.5) is 0 Å². The molecule has 0 aliphatic rings. The van der Waals surface area contributed by atoms with E-state index in [2.05, 4.69) is 5.32 Å². The molecule has 0 bridgehead atoms. The molecule has 0 saturated heterocycles. The van der Waals surface area contributed by atoms with Gasteiger partial charge in [0, 0.05) is 6.54 Å². The van der Waals surface area contributed by atoms with Crippen molar-refractivity contribution in [3.63, 3.8) is 0 Å². The van der Waals surface area contributed by atoms with Gasteiger partial charge in [-0.15, -0.1) is 0 Å². The lowest BCUT2D eigenvalue weighted by atomic mass is 9.95. The zero-order chi connectivity index (χ0) is 11.2. The Labute approximate surface area is 86.0 Å². The largest absolute Gasteiger partial charge is 0.394 e. The number of hydrogen-bond acceptors (Lipinski definition) is 4. The standard InChI is InChI=1S/C10H23NO3/c1-4-10(14,5-2)6-11-9(3,7-12)8-13/h11-14H,4-8H2,1-3H3. The van der Waals surface area contributed by atoms with E-state index in [-0.39, 0.29) is 13.2 Å². The Morgan fingerprint density at radius 1 is 1.07 bits per heavy atom. The smallest absolute Gasteiger partial charge is 0.0766 e. The van der Waals surface area contributed by atoms with E-state index in [1.165, 1.54) is 0 Å². The van der Waals surface area contributed by atoms with Gasteiger partial charge in [-0.2, -0.15) is 0 Å². The molecule has 4 nitrogen and oxygen atoms in total. The van der Waals surface area contributed by atoms with E-state index in [1.54, 1.807) is 6.92 Å². The second-order valence-corrected chi connectivity index (χ2v) is 4.16. The molecule has 0 rings (SSSR count). The Balaban J connectivity index is 4.14. The minimum absolute atomic E-state index is 0.146. The zero-order valence-corrected chi connectivity index (χ0v) is 9.38. The van der Waals surface area contributed by atoms with Gasteiger partial charge in [0.15, 0.2) is 0 Å². The third-order valence-electron chi connectivity index (χ3n) is 2.86. The van der Waals surface area contributed by atoms with Crippen molar-refractivity contribution in [2.24, 2.45) is 0 Å². The van der Waals surface area contributed by atoms with Gasteiger partial charge in [0.05, 0.1) is 24.4 Å². The van der Waals surface area contributed by atoms with Gasteiger partial charge >= 0.3 is 0 Å². The molecule has 0 amide bonds. The first-order chi connectivity index (χ1) is 6.45. The SMILES string of the molecule is CCC(O)(CC)CNC(C)(CO)CO. The van der Waals surface area contributed by atoms with Crippen LogP contribution in [0.2, 0.25) is 0 Å². The molecule has 0 aromatic heterocycles. The lowest BCUT2D eigenvalue weighted by Gasteiger charge is -2.33. The lowest BCUT2D eigenvalue weighted by molar-refractivity contribution is 0.0124. The minimum atomic E-state index is -0.744. The van der Waals surface area contributed by atoms with Crippen LogP contribution < -0.4 is 5.32 Å². The summed E-state index contributed by atoms with van der Waals surface area (Å²) in [6.45, 7) is 5.65. The molecule has 0 aliphatic carbocycles. The highest BCUT2D eigenvalue weighted by Gasteiger charge is 2.28. The maximum atomic E-state index is 9.96. The number of rotatable bonds is 7. The van der Waals surface area contributed by atoms with Gasteiger partial charge in [0.25, 0.3) is 0 Å². The molecule has 0 aromatic carbocycles. The monoisotopic (exact) mass is 205 g/mol. The predicted octanol–water partition coefficient (Wildman–Crippen LogP) is -0.130. The van der Waals surface area contributed by atoms with Crippen molar-refractivity contribution in [3.05, 3.63) is 0 Å². The van der Waals surface area contributed by atoms with Crippen LogP contribution in [0, 0.1) is 0 Å². The third-order valence-corrected chi connectivity index (χ3v) is 2.86. The van der Waals surface area contributed by atoms with Crippen molar-refractivity contribution in [2.75, 3.05) is 19.8 Å². The van der Waals surface area contributed by atoms with Crippen molar-refractivity contribution in [3.8, 4) is 0 Å². The highest BCUT2D eigenvalue weighted by molar-refractivity contribution is 4.87. The van der Waals surface area contributed by atoms with Crippen molar-refractivity contribution in [1.29, 1.82) is 0 Å². The highest BCUT2D eigenvalue weighted by Crippen LogP contribution is 2.14. The van der Waals surface area contributed by atoms with Crippen molar-refractivity contribution in [1.82, 2.24) is 5.32 Å². The van der Waals surface area contributed by atoms with Crippen molar-refractivity contribution >= 4 is 0 Å². The minimum Gasteiger partial charge on any atom is -0.394 e. The quantitative estimate of drug-likeness (QED) is 0.467. The van der Waals surface area contributed by atoms with E-state index < -0.39 is 11.1 Å². The Morgan fingerprint density at radius 3 is 1.79 bits per heavy atom. The lowest BCUT2D eigenvalue weighted by Crippen LogP contribution is -2.54. The summed E-state index contributed by atoms with van der Waals surface area (Å²) in [7, 11) is 0. The fourth-order valence-corrected chi connectivity index (χ4v) is 1.04. The van der Waals surface area contributed by atoms with Crippen LogP contribution in [0.1, 0.15) is 33.6 Å². The number of aliphatic hydroxyl groups is 3. The Kier molecular flexibility index (Phi) is 5.59. The molecule has 4 heteroatoms. The number of nitrogens with one attached hydrogen (secondary N) is 1. The summed E-state index contributed by atoms with van der Waals surface area (Å²) in [5.41, 5.74) is -1.45. The van der Waals surface area contributed by atoms with Gasteiger partial charge in [-0.25, -0.2) is 0 Å². The molecular weight excluding hydrogens is 182 g/mol. The van der Waals surface area contributed by atoms with Crippen LogP contribution in [-0.4, -0.2) is 46.2 Å². The van der Waals surface area contributed by atoms with E-state index in [0.717, 1.165) is 0 Å². The average molecular weight is 205 g/mol. The van der Waals surface area contributed by atoms with Gasteiger partial charge in [-0.05, 0) is 19.8 Å². The fourth-order valence-electron chi connectivity index (χ4n) is 1.04. The summed E-state index contributed by atoms with van der Waals surface area (Å²) < 4.78 is 0. The molecule has 0 aliphatic heterocycles. The van der Waals surface area contributed by atoms with Gasteiger partial charge in [-0.3, -0.25) is 0 Å². The molecule has 0 spiro atoms. The van der Waals surface area contributed by atoms with E-state index in [4.69, 9.17) is 10.2 Å². The molecule has 0 aromatic rings. The van der Waals surface area contributed by atoms with Crippen LogP contribution >= 0.6 is 0 Å². The van der Waals surface area contributed by atoms with Crippen LogP contribution in [0.3, 0.4) is 0 Å².